The molecule has 0 atom stereocenters. The first-order valence-electron chi connectivity index (χ1n) is 6.41. The molecule has 0 amide bonds. The summed E-state index contributed by atoms with van der Waals surface area (Å²) in [6, 6.07) is 13.1. The third-order valence-electron chi connectivity index (χ3n) is 3.25. The van der Waals surface area contributed by atoms with Crippen molar-refractivity contribution < 1.29 is 9.63 Å². The van der Waals surface area contributed by atoms with Crippen LogP contribution in [0.1, 0.15) is 5.56 Å². The highest BCUT2D eigenvalue weighted by molar-refractivity contribution is 9.10. The van der Waals surface area contributed by atoms with Gasteiger partial charge in [0.15, 0.2) is 5.76 Å². The van der Waals surface area contributed by atoms with Crippen LogP contribution in [0.3, 0.4) is 0 Å². The van der Waals surface area contributed by atoms with Crippen molar-refractivity contribution in [3.63, 3.8) is 0 Å². The molecule has 22 heavy (non-hydrogen) atoms. The van der Waals surface area contributed by atoms with E-state index in [0.717, 1.165) is 14.5 Å². The van der Waals surface area contributed by atoms with E-state index in [1.165, 1.54) is 0 Å². The third-order valence-corrected chi connectivity index (χ3v) is 4.76. The minimum atomic E-state index is -0.196. The van der Waals surface area contributed by atoms with Gasteiger partial charge in [0.25, 0.3) is 0 Å². The van der Waals surface area contributed by atoms with Crippen LogP contribution in [-0.4, -0.2) is 10.3 Å². The Morgan fingerprint density at radius 2 is 1.86 bits per heavy atom. The van der Waals surface area contributed by atoms with Crippen molar-refractivity contribution in [2.75, 3.05) is 0 Å². The maximum absolute atomic E-state index is 9.79. The van der Waals surface area contributed by atoms with Gasteiger partial charge in [-0.1, -0.05) is 66.8 Å². The average molecular weight is 444 g/mol. The molecule has 1 heterocycles. The number of benzene rings is 2. The zero-order valence-electron chi connectivity index (χ0n) is 11.2. The van der Waals surface area contributed by atoms with Crippen molar-refractivity contribution in [2.24, 2.45) is 0 Å². The van der Waals surface area contributed by atoms with Gasteiger partial charge in [-0.15, -0.1) is 0 Å². The first-order valence-corrected chi connectivity index (χ1v) is 8.38. The number of rotatable bonds is 3. The van der Waals surface area contributed by atoms with Crippen LogP contribution in [0.15, 0.2) is 55.9 Å². The second kappa shape index (κ2) is 6.54. The molecule has 1 N–H and O–H groups in total. The zero-order valence-corrected chi connectivity index (χ0v) is 15.1. The van der Waals surface area contributed by atoms with Gasteiger partial charge in [-0.05, 0) is 24.3 Å². The zero-order chi connectivity index (χ0) is 15.7. The molecule has 0 unspecified atom stereocenters. The molecule has 6 heteroatoms. The minimum absolute atomic E-state index is 0.196. The van der Waals surface area contributed by atoms with Crippen LogP contribution in [0.2, 0.25) is 5.02 Å². The molecule has 3 nitrogen and oxygen atoms in total. The molecule has 0 aliphatic heterocycles. The SMILES string of the molecule is OCc1c(-c2ccccc2Br)noc1-c1cc(Br)ccc1Cl. The first kappa shape index (κ1) is 15.7. The molecular formula is C16H10Br2ClNO2. The second-order valence-electron chi connectivity index (χ2n) is 4.60. The summed E-state index contributed by atoms with van der Waals surface area (Å²) in [5, 5.41) is 14.5. The minimum Gasteiger partial charge on any atom is -0.391 e. The summed E-state index contributed by atoms with van der Waals surface area (Å²) in [6.45, 7) is -0.196. The molecule has 2 aromatic carbocycles. The van der Waals surface area contributed by atoms with Crippen LogP contribution in [0, 0.1) is 0 Å². The summed E-state index contributed by atoms with van der Waals surface area (Å²) in [6.07, 6.45) is 0. The van der Waals surface area contributed by atoms with E-state index < -0.39 is 0 Å². The number of halogens is 3. The highest BCUT2D eigenvalue weighted by atomic mass is 79.9. The fraction of sp³-hybridized carbons (Fsp3) is 0.0625. The Hall–Kier alpha value is -1.14. The fourth-order valence-electron chi connectivity index (χ4n) is 2.20. The summed E-state index contributed by atoms with van der Waals surface area (Å²) < 4.78 is 7.23. The molecule has 0 saturated heterocycles. The molecule has 3 rings (SSSR count). The number of aromatic nitrogens is 1. The van der Waals surface area contributed by atoms with Crippen molar-refractivity contribution in [3.05, 3.63) is 62.0 Å². The lowest BCUT2D eigenvalue weighted by Crippen LogP contribution is -1.90. The molecule has 0 bridgehead atoms. The Balaban J connectivity index is 2.20. The van der Waals surface area contributed by atoms with Crippen molar-refractivity contribution in [3.8, 4) is 22.6 Å². The van der Waals surface area contributed by atoms with Crippen molar-refractivity contribution in [1.82, 2.24) is 5.16 Å². The molecule has 0 spiro atoms. The summed E-state index contributed by atoms with van der Waals surface area (Å²) in [4.78, 5) is 0. The largest absolute Gasteiger partial charge is 0.391 e. The molecule has 3 aromatic rings. The molecule has 112 valence electrons. The van der Waals surface area contributed by atoms with Crippen LogP contribution >= 0.6 is 43.5 Å². The normalized spacial score (nSPS) is 10.9. The van der Waals surface area contributed by atoms with E-state index in [4.69, 9.17) is 16.1 Å². The fourth-order valence-corrected chi connectivity index (χ4v) is 3.24. The maximum atomic E-state index is 9.79. The van der Waals surface area contributed by atoms with E-state index in [2.05, 4.69) is 37.0 Å². The van der Waals surface area contributed by atoms with E-state index in [0.29, 0.717) is 27.6 Å². The Labute approximate surface area is 149 Å². The van der Waals surface area contributed by atoms with Crippen LogP contribution in [-0.2, 0) is 6.61 Å². The van der Waals surface area contributed by atoms with Gasteiger partial charge in [0.05, 0.1) is 17.2 Å². The predicted molar refractivity (Wildman–Crippen MR) is 93.7 cm³/mol. The molecule has 0 aliphatic carbocycles. The predicted octanol–water partition coefficient (Wildman–Crippen LogP) is 5.68. The monoisotopic (exact) mass is 441 g/mol. The molecule has 1 aromatic heterocycles. The number of nitrogens with zero attached hydrogens (tertiary/aromatic N) is 1. The van der Waals surface area contributed by atoms with Crippen molar-refractivity contribution in [1.29, 1.82) is 0 Å². The second-order valence-corrected chi connectivity index (χ2v) is 6.78. The van der Waals surface area contributed by atoms with Gasteiger partial charge in [-0.3, -0.25) is 0 Å². The van der Waals surface area contributed by atoms with Crippen LogP contribution < -0.4 is 0 Å². The average Bonchev–Trinajstić information content (AvgIpc) is 2.93. The van der Waals surface area contributed by atoms with Gasteiger partial charge in [-0.25, -0.2) is 0 Å². The lowest BCUT2D eigenvalue weighted by Gasteiger charge is -2.05. The van der Waals surface area contributed by atoms with E-state index in [9.17, 15) is 5.11 Å². The van der Waals surface area contributed by atoms with Crippen molar-refractivity contribution >= 4 is 43.5 Å². The van der Waals surface area contributed by atoms with Crippen LogP contribution in [0.25, 0.3) is 22.6 Å². The van der Waals surface area contributed by atoms with Gasteiger partial charge < -0.3 is 9.63 Å². The third kappa shape index (κ3) is 2.86. The molecular weight excluding hydrogens is 433 g/mol. The van der Waals surface area contributed by atoms with Crippen molar-refractivity contribution in [2.45, 2.75) is 6.61 Å². The topological polar surface area (TPSA) is 46.3 Å². The molecule has 0 saturated carbocycles. The smallest absolute Gasteiger partial charge is 0.174 e. The number of hydrogen-bond acceptors (Lipinski definition) is 3. The Morgan fingerprint density at radius 1 is 1.09 bits per heavy atom. The highest BCUT2D eigenvalue weighted by Crippen LogP contribution is 2.38. The maximum Gasteiger partial charge on any atom is 0.174 e. The van der Waals surface area contributed by atoms with Gasteiger partial charge in [0, 0.05) is 20.1 Å². The summed E-state index contributed by atoms with van der Waals surface area (Å²) >= 11 is 13.2. The molecule has 0 aliphatic rings. The Kier molecular flexibility index (Phi) is 4.68. The summed E-state index contributed by atoms with van der Waals surface area (Å²) in [5.74, 6) is 0.472. The molecule has 0 fully saturated rings. The quantitative estimate of drug-likeness (QED) is 0.567. The van der Waals surface area contributed by atoms with Gasteiger partial charge in [0.2, 0.25) is 0 Å². The summed E-state index contributed by atoms with van der Waals surface area (Å²) in [7, 11) is 0. The van der Waals surface area contributed by atoms with Gasteiger partial charge in [-0.2, -0.15) is 0 Å². The molecule has 0 radical (unpaired) electrons. The highest BCUT2D eigenvalue weighted by Gasteiger charge is 2.21. The van der Waals surface area contributed by atoms with Crippen LogP contribution in [0.5, 0.6) is 0 Å². The van der Waals surface area contributed by atoms with Gasteiger partial charge in [0.1, 0.15) is 5.69 Å². The Bertz CT molecular complexity index is 833. The number of hydrogen-bond donors (Lipinski definition) is 1. The Morgan fingerprint density at radius 3 is 2.59 bits per heavy atom. The van der Waals surface area contributed by atoms with Gasteiger partial charge >= 0.3 is 0 Å². The first-order chi connectivity index (χ1) is 10.6. The lowest BCUT2D eigenvalue weighted by atomic mass is 10.0. The summed E-state index contributed by atoms with van der Waals surface area (Å²) in [5.41, 5.74) is 2.74. The van der Waals surface area contributed by atoms with E-state index in [1.807, 2.05) is 36.4 Å². The number of aliphatic hydroxyl groups excluding tert-OH is 1. The van der Waals surface area contributed by atoms with E-state index >= 15 is 0 Å². The standard InChI is InChI=1S/C16H10Br2ClNO2/c17-9-5-6-14(19)11(7-9)16-12(8-21)15(20-22-16)10-3-1-2-4-13(10)18/h1-7,21H,8H2. The lowest BCUT2D eigenvalue weighted by molar-refractivity contribution is 0.281. The van der Waals surface area contributed by atoms with Crippen LogP contribution in [0.4, 0.5) is 0 Å². The van der Waals surface area contributed by atoms with E-state index in [1.54, 1.807) is 6.07 Å². The number of aliphatic hydroxyl groups is 1. The van der Waals surface area contributed by atoms with E-state index in [-0.39, 0.29) is 6.61 Å².